The number of rotatable bonds is 42. The van der Waals surface area contributed by atoms with Crippen LogP contribution in [-0.4, -0.2) is 75.2 Å². The lowest BCUT2D eigenvalue weighted by Crippen LogP contribution is -2.40. The van der Waals surface area contributed by atoms with Crippen molar-refractivity contribution in [2.45, 2.75) is 229 Å². The Kier molecular flexibility index (Phi) is 37.0. The van der Waals surface area contributed by atoms with E-state index in [9.17, 15) is 9.59 Å². The van der Waals surface area contributed by atoms with Crippen LogP contribution in [0.2, 0.25) is 0 Å². The van der Waals surface area contributed by atoms with Gasteiger partial charge in [-0.2, -0.15) is 0 Å². The summed E-state index contributed by atoms with van der Waals surface area (Å²) < 4.78 is 11.0. The molecule has 0 rings (SSSR count). The number of nitrogens with zero attached hydrogens (tertiary/aromatic N) is 2. The Hall–Kier alpha value is -1.66. The van der Waals surface area contributed by atoms with Crippen molar-refractivity contribution in [3.8, 4) is 0 Å². The van der Waals surface area contributed by atoms with Crippen LogP contribution >= 0.6 is 0 Å². The van der Waals surface area contributed by atoms with Crippen LogP contribution in [0.15, 0.2) is 24.3 Å². The fraction of sp³-hybridized carbons (Fsp3) is 0.887. The molecule has 348 valence electrons. The topological polar surface area (TPSA) is 59.1 Å². The van der Waals surface area contributed by atoms with Gasteiger partial charge in [0.2, 0.25) is 0 Å². The lowest BCUT2D eigenvalue weighted by atomic mass is 9.74. The Bertz CT molecular complexity index is 957. The molecule has 0 aliphatic carbocycles. The number of ether oxygens (including phenoxy) is 2. The van der Waals surface area contributed by atoms with Crippen molar-refractivity contribution < 1.29 is 19.1 Å². The maximum absolute atomic E-state index is 12.3. The summed E-state index contributed by atoms with van der Waals surface area (Å²) in [7, 11) is 4.37. The van der Waals surface area contributed by atoms with Crippen LogP contribution in [0.4, 0.5) is 0 Å². The van der Waals surface area contributed by atoms with Gasteiger partial charge in [-0.05, 0) is 94.8 Å². The second kappa shape index (κ2) is 38.0. The first-order valence-corrected chi connectivity index (χ1v) is 25.3. The van der Waals surface area contributed by atoms with E-state index in [2.05, 4.69) is 104 Å². The van der Waals surface area contributed by atoms with Crippen molar-refractivity contribution in [1.29, 1.82) is 0 Å². The maximum Gasteiger partial charge on any atom is 0.306 e. The number of unbranched alkanes of at least 4 members (excludes halogenated alkanes) is 12. The smallest absolute Gasteiger partial charge is 0.306 e. The number of hydrogen-bond acceptors (Lipinski definition) is 6. The first-order valence-electron chi connectivity index (χ1n) is 25.3. The molecule has 0 aliphatic rings. The molecule has 0 amide bonds. The van der Waals surface area contributed by atoms with Crippen LogP contribution in [-0.2, 0) is 19.1 Å². The predicted molar refractivity (Wildman–Crippen MR) is 257 cm³/mol. The third-order valence-corrected chi connectivity index (χ3v) is 11.9. The van der Waals surface area contributed by atoms with E-state index in [1.165, 1.54) is 122 Å². The highest BCUT2D eigenvalue weighted by Gasteiger charge is 2.30. The summed E-state index contributed by atoms with van der Waals surface area (Å²) in [6, 6.07) is 0. The molecule has 0 spiro atoms. The van der Waals surface area contributed by atoms with Crippen LogP contribution in [0.1, 0.15) is 229 Å². The predicted octanol–water partition coefficient (Wildman–Crippen LogP) is 14.9. The fourth-order valence-electron chi connectivity index (χ4n) is 9.28. The molecule has 0 saturated heterocycles. The molecule has 0 radical (unpaired) electrons. The molecular weight excluding hydrogens is 729 g/mol. The van der Waals surface area contributed by atoms with Gasteiger partial charge in [0.15, 0.2) is 0 Å². The van der Waals surface area contributed by atoms with E-state index in [1.807, 2.05) is 0 Å². The molecule has 0 saturated carbocycles. The minimum absolute atomic E-state index is 0.0550. The van der Waals surface area contributed by atoms with E-state index >= 15 is 0 Å². The fourth-order valence-corrected chi connectivity index (χ4v) is 9.28. The van der Waals surface area contributed by atoms with Crippen molar-refractivity contribution in [2.24, 2.45) is 22.7 Å². The highest BCUT2D eigenvalue weighted by Crippen LogP contribution is 2.35. The minimum Gasteiger partial charge on any atom is -0.461 e. The normalized spacial score (nSPS) is 12.7. The molecule has 6 heteroatoms. The van der Waals surface area contributed by atoms with Gasteiger partial charge < -0.3 is 19.3 Å². The SMILES string of the molecule is CCCCC(CC=CCOC(=O)CCCCCCCN(CCCCCCCC(=O)OCC=CCC(CCCC)CCCC)CC(C)(C)CC(C)(C)CN(C)C)CCCC. The maximum atomic E-state index is 12.3. The largest absolute Gasteiger partial charge is 0.461 e. The Balaban J connectivity index is 4.57. The number of carbonyl (C=O) groups is 2. The number of carbonyl (C=O) groups excluding carboxylic acids is 2. The van der Waals surface area contributed by atoms with Gasteiger partial charge in [-0.15, -0.1) is 0 Å². The standard InChI is InChI=1S/C53H102N2O4/c1-11-15-33-48(34-16-12-2)37-27-31-43-58-50(56)39-25-21-19-23-29-41-55(47-53(7,8)45-52(5,6)46-54(9)10)42-30-24-20-22-26-40-51(57)59-44-32-28-38-49(35-17-13-3)36-18-14-4/h27-28,31-32,48-49H,11-26,29-30,33-47H2,1-10H3. The second-order valence-corrected chi connectivity index (χ2v) is 20.1. The van der Waals surface area contributed by atoms with Gasteiger partial charge in [0.1, 0.15) is 13.2 Å². The van der Waals surface area contributed by atoms with Gasteiger partial charge in [-0.3, -0.25) is 9.59 Å². The molecule has 6 nitrogen and oxygen atoms in total. The quantitative estimate of drug-likeness (QED) is 0.0347. The molecule has 0 aromatic rings. The second-order valence-electron chi connectivity index (χ2n) is 20.1. The van der Waals surface area contributed by atoms with Crippen LogP contribution < -0.4 is 0 Å². The average Bonchev–Trinajstić information content (AvgIpc) is 3.16. The molecule has 0 unspecified atom stereocenters. The van der Waals surface area contributed by atoms with Gasteiger partial charge >= 0.3 is 11.9 Å². The summed E-state index contributed by atoms with van der Waals surface area (Å²) in [5.41, 5.74) is 0.507. The van der Waals surface area contributed by atoms with E-state index in [0.717, 1.165) is 76.5 Å². The zero-order chi connectivity index (χ0) is 44.0. The van der Waals surface area contributed by atoms with E-state index in [-0.39, 0.29) is 22.8 Å². The Morgan fingerprint density at radius 3 is 1.22 bits per heavy atom. The van der Waals surface area contributed by atoms with Gasteiger partial charge in [0.05, 0.1) is 0 Å². The molecule has 0 aliphatic heterocycles. The number of hydrogen-bond donors (Lipinski definition) is 0. The molecule has 0 bridgehead atoms. The van der Waals surface area contributed by atoms with Crippen molar-refractivity contribution in [3.05, 3.63) is 24.3 Å². The number of allylic oxidation sites excluding steroid dienone is 2. The first-order chi connectivity index (χ1) is 28.3. The Morgan fingerprint density at radius 1 is 0.492 bits per heavy atom. The van der Waals surface area contributed by atoms with Gasteiger partial charge in [0.25, 0.3) is 0 Å². The Labute approximate surface area is 368 Å². The number of esters is 2. The van der Waals surface area contributed by atoms with Gasteiger partial charge in [-0.25, -0.2) is 0 Å². The van der Waals surface area contributed by atoms with Crippen LogP contribution in [0.25, 0.3) is 0 Å². The summed E-state index contributed by atoms with van der Waals surface area (Å²) in [4.78, 5) is 29.7. The summed E-state index contributed by atoms with van der Waals surface area (Å²) in [6.07, 6.45) is 39.8. The molecular formula is C53H102N2O4. The molecule has 59 heavy (non-hydrogen) atoms. The lowest BCUT2D eigenvalue weighted by Gasteiger charge is -2.40. The monoisotopic (exact) mass is 831 g/mol. The summed E-state index contributed by atoms with van der Waals surface area (Å²) in [5.74, 6) is 1.43. The first kappa shape index (κ1) is 57.3. The highest BCUT2D eigenvalue weighted by molar-refractivity contribution is 5.69. The van der Waals surface area contributed by atoms with E-state index in [4.69, 9.17) is 9.47 Å². The zero-order valence-corrected chi connectivity index (χ0v) is 41.3. The minimum atomic E-state index is -0.0550. The average molecular weight is 831 g/mol. The molecule has 0 aromatic heterocycles. The molecule has 0 heterocycles. The third kappa shape index (κ3) is 37.8. The van der Waals surface area contributed by atoms with Crippen LogP contribution in [0, 0.1) is 22.7 Å². The van der Waals surface area contributed by atoms with Crippen molar-refractivity contribution in [1.82, 2.24) is 9.80 Å². The van der Waals surface area contributed by atoms with Crippen LogP contribution in [0.5, 0.6) is 0 Å². The van der Waals surface area contributed by atoms with Crippen molar-refractivity contribution in [3.63, 3.8) is 0 Å². The molecule has 0 atom stereocenters. The lowest BCUT2D eigenvalue weighted by molar-refractivity contribution is -0.143. The van der Waals surface area contributed by atoms with Gasteiger partial charge in [0, 0.05) is 25.9 Å². The van der Waals surface area contributed by atoms with Gasteiger partial charge in [-0.1, -0.05) is 195 Å². The van der Waals surface area contributed by atoms with Crippen LogP contribution in [0.3, 0.4) is 0 Å². The summed E-state index contributed by atoms with van der Waals surface area (Å²) >= 11 is 0. The molecule has 0 fully saturated rings. The van der Waals surface area contributed by atoms with E-state index in [0.29, 0.717) is 26.1 Å². The van der Waals surface area contributed by atoms with Crippen molar-refractivity contribution in [2.75, 3.05) is 53.5 Å². The highest BCUT2D eigenvalue weighted by atomic mass is 16.5. The van der Waals surface area contributed by atoms with Crippen molar-refractivity contribution >= 4 is 11.9 Å². The molecule has 0 N–H and O–H groups in total. The Morgan fingerprint density at radius 2 is 0.847 bits per heavy atom. The zero-order valence-electron chi connectivity index (χ0n) is 41.3. The van der Waals surface area contributed by atoms with E-state index in [1.54, 1.807) is 0 Å². The summed E-state index contributed by atoms with van der Waals surface area (Å²) in [6.45, 7) is 24.1. The summed E-state index contributed by atoms with van der Waals surface area (Å²) in [5, 5.41) is 0. The molecule has 0 aromatic carbocycles. The third-order valence-electron chi connectivity index (χ3n) is 11.9. The van der Waals surface area contributed by atoms with E-state index < -0.39 is 0 Å².